The Labute approximate surface area is 203 Å². The summed E-state index contributed by atoms with van der Waals surface area (Å²) in [6.07, 6.45) is 0.362. The average Bonchev–Trinajstić information content (AvgIpc) is 3.48. The molecule has 0 spiro atoms. The zero-order valence-corrected chi connectivity index (χ0v) is 19.3. The molecule has 2 aromatic heterocycles. The van der Waals surface area contributed by atoms with Gasteiger partial charge in [0.15, 0.2) is 23.2 Å². The molecule has 0 bridgehead atoms. The number of nitrogens with one attached hydrogen (secondary N) is 1. The number of hydrogen-bond donors (Lipinski definition) is 2. The number of aliphatic hydroxyl groups is 1. The summed E-state index contributed by atoms with van der Waals surface area (Å²) in [5.41, 5.74) is 3.26. The van der Waals surface area contributed by atoms with Crippen LogP contribution in [-0.4, -0.2) is 57.1 Å². The molecule has 35 heavy (non-hydrogen) atoms. The number of aliphatic hydroxyl groups excluding tert-OH is 1. The van der Waals surface area contributed by atoms with E-state index in [9.17, 15) is 10.4 Å². The summed E-state index contributed by atoms with van der Waals surface area (Å²) in [5, 5.41) is 23.6. The topological polar surface area (TPSA) is 118 Å². The number of benzene rings is 2. The van der Waals surface area contributed by atoms with Gasteiger partial charge in [-0.1, -0.05) is 60.7 Å². The maximum Gasteiger partial charge on any atom is 0.236 e. The Morgan fingerprint density at radius 3 is 2.46 bits per heavy atom. The van der Waals surface area contributed by atoms with Gasteiger partial charge in [0.25, 0.3) is 0 Å². The summed E-state index contributed by atoms with van der Waals surface area (Å²) >= 11 is 0. The fourth-order valence-electron chi connectivity index (χ4n) is 4.55. The van der Waals surface area contributed by atoms with Crippen LogP contribution in [0.25, 0.3) is 11.2 Å². The van der Waals surface area contributed by atoms with Crippen molar-refractivity contribution in [2.45, 2.75) is 30.8 Å². The van der Waals surface area contributed by atoms with E-state index in [0.717, 1.165) is 11.1 Å². The molecule has 1 aliphatic heterocycles. The largest absolute Gasteiger partial charge is 0.388 e. The third-order valence-electron chi connectivity index (χ3n) is 6.19. The zero-order chi connectivity index (χ0) is 24.2. The van der Waals surface area contributed by atoms with E-state index < -0.39 is 12.3 Å². The molecule has 9 heteroatoms. The SMILES string of the molecule is COC[C@@H]1C[C@@H](O)[C@H](n2cnc3c(NCC(c4ccccc4)c4ccccc4)nc(C#N)nc32)O1. The van der Waals surface area contributed by atoms with Gasteiger partial charge in [-0.25, -0.2) is 4.98 Å². The van der Waals surface area contributed by atoms with E-state index in [4.69, 9.17) is 9.47 Å². The van der Waals surface area contributed by atoms with Gasteiger partial charge in [-0.05, 0) is 11.1 Å². The van der Waals surface area contributed by atoms with E-state index in [-0.39, 0.29) is 17.8 Å². The summed E-state index contributed by atoms with van der Waals surface area (Å²) < 4.78 is 12.8. The lowest BCUT2D eigenvalue weighted by atomic mass is 9.91. The van der Waals surface area contributed by atoms with Crippen LogP contribution in [0.3, 0.4) is 0 Å². The van der Waals surface area contributed by atoms with Gasteiger partial charge in [-0.15, -0.1) is 0 Å². The van der Waals surface area contributed by atoms with Gasteiger partial charge in [-0.3, -0.25) is 4.57 Å². The Morgan fingerprint density at radius 1 is 1.14 bits per heavy atom. The van der Waals surface area contributed by atoms with Crippen LogP contribution >= 0.6 is 0 Å². The van der Waals surface area contributed by atoms with Crippen molar-refractivity contribution in [1.29, 1.82) is 5.26 Å². The van der Waals surface area contributed by atoms with Crippen LogP contribution in [0, 0.1) is 11.3 Å². The van der Waals surface area contributed by atoms with Crippen LogP contribution in [0.1, 0.15) is 35.5 Å². The van der Waals surface area contributed by atoms with E-state index in [1.165, 1.54) is 0 Å². The van der Waals surface area contributed by atoms with Crippen LogP contribution in [0.4, 0.5) is 5.82 Å². The standard InChI is InChI=1S/C26H26N6O3/c1-34-15-19-12-21(33)26(35-19)32-16-29-23-24(30-22(13-27)31-25(23)32)28-14-20(17-8-4-2-5-9-17)18-10-6-3-7-11-18/h2-11,16,19-21,26,33H,12,14-15H2,1H3,(H,28,30,31)/t19-,21+,26+/m0/s1. The molecule has 3 heterocycles. The molecule has 2 N–H and O–H groups in total. The third-order valence-corrected chi connectivity index (χ3v) is 6.19. The van der Waals surface area contributed by atoms with Gasteiger partial charge in [0.05, 0.1) is 19.0 Å². The number of nitrogens with zero attached hydrogens (tertiary/aromatic N) is 5. The fraction of sp³-hybridized carbons (Fsp3) is 0.308. The number of aromatic nitrogens is 4. The van der Waals surface area contributed by atoms with Crippen LogP contribution in [0.5, 0.6) is 0 Å². The van der Waals surface area contributed by atoms with E-state index >= 15 is 0 Å². The molecular weight excluding hydrogens is 444 g/mol. The van der Waals surface area contributed by atoms with Gasteiger partial charge in [0, 0.05) is 26.0 Å². The summed E-state index contributed by atoms with van der Waals surface area (Å²) in [5.74, 6) is 0.534. The Hall–Kier alpha value is -3.84. The average molecular weight is 471 g/mol. The van der Waals surface area contributed by atoms with Gasteiger partial charge in [0.2, 0.25) is 5.82 Å². The highest BCUT2D eigenvalue weighted by atomic mass is 16.6. The Bertz CT molecular complexity index is 1280. The Balaban J connectivity index is 1.47. The monoisotopic (exact) mass is 470 g/mol. The normalized spacial score (nSPS) is 19.8. The molecule has 4 aromatic rings. The predicted molar refractivity (Wildman–Crippen MR) is 130 cm³/mol. The van der Waals surface area contributed by atoms with Crippen molar-refractivity contribution >= 4 is 17.0 Å². The molecule has 0 aliphatic carbocycles. The number of hydrogen-bond acceptors (Lipinski definition) is 8. The Morgan fingerprint density at radius 2 is 1.83 bits per heavy atom. The van der Waals surface area contributed by atoms with Gasteiger partial charge in [-0.2, -0.15) is 15.2 Å². The predicted octanol–water partition coefficient (Wildman–Crippen LogP) is 3.24. The minimum atomic E-state index is -0.745. The number of nitriles is 1. The molecular formula is C26H26N6O3. The van der Waals surface area contributed by atoms with Crippen LogP contribution in [0.15, 0.2) is 67.0 Å². The second-order valence-corrected chi connectivity index (χ2v) is 8.49. The van der Waals surface area contributed by atoms with E-state index in [1.807, 2.05) is 42.5 Å². The lowest BCUT2D eigenvalue weighted by Crippen LogP contribution is -2.20. The van der Waals surface area contributed by atoms with Crippen LogP contribution in [0.2, 0.25) is 0 Å². The highest BCUT2D eigenvalue weighted by Gasteiger charge is 2.36. The molecule has 1 aliphatic rings. The van der Waals surface area contributed by atoms with Crippen molar-refractivity contribution in [1.82, 2.24) is 19.5 Å². The first-order valence-corrected chi connectivity index (χ1v) is 11.5. The first-order valence-electron chi connectivity index (χ1n) is 11.5. The van der Waals surface area contributed by atoms with E-state index in [0.29, 0.717) is 36.6 Å². The van der Waals surface area contributed by atoms with Crippen molar-refractivity contribution in [3.63, 3.8) is 0 Å². The summed E-state index contributed by atoms with van der Waals surface area (Å²) in [4.78, 5) is 13.3. The highest BCUT2D eigenvalue weighted by Crippen LogP contribution is 2.33. The maximum absolute atomic E-state index is 10.6. The number of ether oxygens (including phenoxy) is 2. The maximum atomic E-state index is 10.6. The molecule has 0 unspecified atom stereocenters. The number of imidazole rings is 1. The van der Waals surface area contributed by atoms with E-state index in [1.54, 1.807) is 18.0 Å². The van der Waals surface area contributed by atoms with Crippen molar-refractivity contribution in [3.8, 4) is 6.07 Å². The summed E-state index contributed by atoms with van der Waals surface area (Å²) in [6.45, 7) is 0.919. The quantitative estimate of drug-likeness (QED) is 0.403. The first-order chi connectivity index (χ1) is 17.2. The molecule has 178 valence electrons. The number of anilines is 1. The molecule has 1 saturated heterocycles. The zero-order valence-electron chi connectivity index (χ0n) is 19.3. The van der Waals surface area contributed by atoms with Crippen molar-refractivity contribution in [2.75, 3.05) is 25.6 Å². The van der Waals surface area contributed by atoms with Gasteiger partial charge < -0.3 is 19.9 Å². The number of fused-ring (bicyclic) bond motifs is 1. The smallest absolute Gasteiger partial charge is 0.236 e. The van der Waals surface area contributed by atoms with Crippen molar-refractivity contribution < 1.29 is 14.6 Å². The fourth-order valence-corrected chi connectivity index (χ4v) is 4.55. The molecule has 3 atom stereocenters. The minimum absolute atomic E-state index is 0.0126. The summed E-state index contributed by atoms with van der Waals surface area (Å²) in [6, 6.07) is 22.5. The summed E-state index contributed by atoms with van der Waals surface area (Å²) in [7, 11) is 1.60. The molecule has 0 amide bonds. The molecule has 9 nitrogen and oxygen atoms in total. The van der Waals surface area contributed by atoms with Crippen LogP contribution < -0.4 is 5.32 Å². The lowest BCUT2D eigenvalue weighted by Gasteiger charge is -2.19. The minimum Gasteiger partial charge on any atom is -0.388 e. The van der Waals surface area contributed by atoms with E-state index in [2.05, 4.69) is 44.5 Å². The molecule has 0 saturated carbocycles. The van der Waals surface area contributed by atoms with Crippen LogP contribution in [-0.2, 0) is 9.47 Å². The molecule has 1 fully saturated rings. The lowest BCUT2D eigenvalue weighted by molar-refractivity contribution is -0.0541. The molecule has 2 aromatic carbocycles. The number of rotatable bonds is 8. The third kappa shape index (κ3) is 4.72. The second-order valence-electron chi connectivity index (χ2n) is 8.49. The Kier molecular flexibility index (Phi) is 6.68. The van der Waals surface area contributed by atoms with Crippen molar-refractivity contribution in [3.05, 3.63) is 83.9 Å². The molecule has 0 radical (unpaired) electrons. The van der Waals surface area contributed by atoms with Gasteiger partial charge in [0.1, 0.15) is 12.2 Å². The van der Waals surface area contributed by atoms with Crippen molar-refractivity contribution in [2.24, 2.45) is 0 Å². The van der Waals surface area contributed by atoms with Gasteiger partial charge >= 0.3 is 0 Å². The molecule has 5 rings (SSSR count). The second kappa shape index (κ2) is 10.2. The first kappa shape index (κ1) is 22.9. The number of methoxy groups -OCH3 is 1. The highest BCUT2D eigenvalue weighted by molar-refractivity contribution is 5.83.